The minimum atomic E-state index is 0.405. The molecule has 0 unspecified atom stereocenters. The molecular formula is C15H20N4O. The first-order valence-corrected chi connectivity index (χ1v) is 7.12. The van der Waals surface area contributed by atoms with E-state index in [0.717, 1.165) is 38.4 Å². The number of hydrogen-bond acceptors (Lipinski definition) is 5. The molecule has 5 nitrogen and oxygen atoms in total. The average molecular weight is 272 g/mol. The molecule has 1 aliphatic heterocycles. The molecule has 1 saturated heterocycles. The summed E-state index contributed by atoms with van der Waals surface area (Å²) >= 11 is 0. The molecule has 20 heavy (non-hydrogen) atoms. The summed E-state index contributed by atoms with van der Waals surface area (Å²) in [5.74, 6) is 1.18. The van der Waals surface area contributed by atoms with Gasteiger partial charge in [0.25, 0.3) is 0 Å². The van der Waals surface area contributed by atoms with Gasteiger partial charge >= 0.3 is 6.01 Å². The molecule has 1 aromatic heterocycles. The Morgan fingerprint density at radius 1 is 1.20 bits per heavy atom. The minimum Gasteiger partial charge on any atom is -0.408 e. The molecule has 0 spiro atoms. The predicted molar refractivity (Wildman–Crippen MR) is 77.7 cm³/mol. The fourth-order valence-corrected chi connectivity index (χ4v) is 2.54. The lowest BCUT2D eigenvalue weighted by atomic mass is 9.98. The van der Waals surface area contributed by atoms with Gasteiger partial charge in [0.05, 0.1) is 0 Å². The highest BCUT2D eigenvalue weighted by atomic mass is 16.4. The molecule has 1 N–H and O–H groups in total. The zero-order chi connectivity index (χ0) is 13.8. The van der Waals surface area contributed by atoms with Crippen LogP contribution in [0, 0.1) is 0 Å². The summed E-state index contributed by atoms with van der Waals surface area (Å²) in [6.07, 6.45) is 2.15. The Bertz CT molecular complexity index is 534. The Kier molecular flexibility index (Phi) is 3.97. The Morgan fingerprint density at radius 3 is 2.70 bits per heavy atom. The summed E-state index contributed by atoms with van der Waals surface area (Å²) in [4.78, 5) is 1.99. The van der Waals surface area contributed by atoms with E-state index in [-0.39, 0.29) is 0 Å². The Morgan fingerprint density at radius 2 is 1.95 bits per heavy atom. The van der Waals surface area contributed by atoms with Gasteiger partial charge in [-0.15, -0.1) is 5.10 Å². The van der Waals surface area contributed by atoms with Crippen LogP contribution in [0.3, 0.4) is 0 Å². The molecule has 1 aliphatic rings. The van der Waals surface area contributed by atoms with Gasteiger partial charge in [-0.1, -0.05) is 35.4 Å². The molecule has 1 aromatic carbocycles. The van der Waals surface area contributed by atoms with Crippen LogP contribution in [0.4, 0.5) is 6.01 Å². The molecule has 0 saturated carbocycles. The molecular weight excluding hydrogens is 252 g/mol. The molecule has 2 heterocycles. The predicted octanol–water partition coefficient (Wildman–Crippen LogP) is 2.17. The standard InChI is InChI=1S/C15H20N4O/c1-19(11-12-5-3-2-4-6-12)15-18-17-14(20-15)13-7-9-16-10-8-13/h2-6,13,16H,7-11H2,1H3. The smallest absolute Gasteiger partial charge is 0.318 e. The number of anilines is 1. The van der Waals surface area contributed by atoms with E-state index < -0.39 is 0 Å². The van der Waals surface area contributed by atoms with Crippen molar-refractivity contribution in [1.82, 2.24) is 15.5 Å². The van der Waals surface area contributed by atoms with Crippen LogP contribution < -0.4 is 10.2 Å². The third kappa shape index (κ3) is 2.99. The SMILES string of the molecule is CN(Cc1ccccc1)c1nnc(C2CCNCC2)o1. The van der Waals surface area contributed by atoms with Crippen molar-refractivity contribution in [3.63, 3.8) is 0 Å². The summed E-state index contributed by atoms with van der Waals surface area (Å²) in [7, 11) is 1.98. The highest BCUT2D eigenvalue weighted by Gasteiger charge is 2.22. The van der Waals surface area contributed by atoms with Crippen molar-refractivity contribution < 1.29 is 4.42 Å². The zero-order valence-electron chi connectivity index (χ0n) is 11.7. The highest BCUT2D eigenvalue weighted by molar-refractivity contribution is 5.27. The topological polar surface area (TPSA) is 54.2 Å². The molecule has 0 bridgehead atoms. The van der Waals surface area contributed by atoms with Crippen LogP contribution in [0.2, 0.25) is 0 Å². The Balaban J connectivity index is 1.66. The van der Waals surface area contributed by atoms with Crippen LogP contribution in [0.15, 0.2) is 34.7 Å². The molecule has 2 aromatic rings. The molecule has 106 valence electrons. The van der Waals surface area contributed by atoms with Crippen LogP contribution in [0.1, 0.15) is 30.2 Å². The second-order valence-electron chi connectivity index (χ2n) is 5.29. The second-order valence-corrected chi connectivity index (χ2v) is 5.29. The van der Waals surface area contributed by atoms with E-state index in [0.29, 0.717) is 11.9 Å². The number of nitrogens with one attached hydrogen (secondary N) is 1. The zero-order valence-corrected chi connectivity index (χ0v) is 11.7. The molecule has 3 rings (SSSR count). The van der Waals surface area contributed by atoms with Crippen molar-refractivity contribution in [1.29, 1.82) is 0 Å². The molecule has 0 amide bonds. The van der Waals surface area contributed by atoms with Crippen molar-refractivity contribution in [3.05, 3.63) is 41.8 Å². The van der Waals surface area contributed by atoms with E-state index >= 15 is 0 Å². The minimum absolute atomic E-state index is 0.405. The van der Waals surface area contributed by atoms with Crippen molar-refractivity contribution in [3.8, 4) is 0 Å². The first-order valence-electron chi connectivity index (χ1n) is 7.12. The summed E-state index contributed by atoms with van der Waals surface area (Å²) < 4.78 is 5.83. The lowest BCUT2D eigenvalue weighted by molar-refractivity contribution is 0.375. The van der Waals surface area contributed by atoms with Crippen LogP contribution in [0.5, 0.6) is 0 Å². The maximum atomic E-state index is 5.83. The molecule has 0 atom stereocenters. The third-order valence-electron chi connectivity index (χ3n) is 3.71. The van der Waals surface area contributed by atoms with Gasteiger partial charge in [-0.3, -0.25) is 0 Å². The number of hydrogen-bond donors (Lipinski definition) is 1. The lowest BCUT2D eigenvalue weighted by Crippen LogP contribution is -2.26. The lowest BCUT2D eigenvalue weighted by Gasteiger charge is -2.19. The van der Waals surface area contributed by atoms with Crippen LogP contribution >= 0.6 is 0 Å². The summed E-state index contributed by atoms with van der Waals surface area (Å²) in [6.45, 7) is 2.83. The molecule has 5 heteroatoms. The van der Waals surface area contributed by atoms with Gasteiger partial charge in [0, 0.05) is 19.5 Å². The first kappa shape index (κ1) is 13.1. The van der Waals surface area contributed by atoms with Crippen molar-refractivity contribution in [2.45, 2.75) is 25.3 Å². The number of nitrogens with zero attached hydrogens (tertiary/aromatic N) is 3. The third-order valence-corrected chi connectivity index (χ3v) is 3.71. The van der Waals surface area contributed by atoms with Crippen molar-refractivity contribution in [2.24, 2.45) is 0 Å². The van der Waals surface area contributed by atoms with Crippen LogP contribution in [-0.4, -0.2) is 30.3 Å². The molecule has 0 radical (unpaired) electrons. The van der Waals surface area contributed by atoms with Gasteiger partial charge in [0.1, 0.15) is 0 Å². The van der Waals surface area contributed by atoms with Gasteiger partial charge in [-0.2, -0.15) is 0 Å². The average Bonchev–Trinajstić information content (AvgIpc) is 2.99. The van der Waals surface area contributed by atoms with E-state index in [1.54, 1.807) is 0 Å². The van der Waals surface area contributed by atoms with Gasteiger partial charge in [0.2, 0.25) is 5.89 Å². The molecule has 1 fully saturated rings. The quantitative estimate of drug-likeness (QED) is 0.924. The fraction of sp³-hybridized carbons (Fsp3) is 0.467. The maximum Gasteiger partial charge on any atom is 0.318 e. The van der Waals surface area contributed by atoms with E-state index in [2.05, 4.69) is 27.6 Å². The van der Waals surface area contributed by atoms with Crippen LogP contribution in [-0.2, 0) is 6.54 Å². The van der Waals surface area contributed by atoms with E-state index in [9.17, 15) is 0 Å². The van der Waals surface area contributed by atoms with Crippen molar-refractivity contribution >= 4 is 6.01 Å². The second kappa shape index (κ2) is 6.05. The number of benzene rings is 1. The van der Waals surface area contributed by atoms with E-state index in [1.165, 1.54) is 5.56 Å². The van der Waals surface area contributed by atoms with Crippen LogP contribution in [0.25, 0.3) is 0 Å². The van der Waals surface area contributed by atoms with E-state index in [4.69, 9.17) is 4.42 Å². The number of aromatic nitrogens is 2. The van der Waals surface area contributed by atoms with Gasteiger partial charge in [-0.25, -0.2) is 0 Å². The van der Waals surface area contributed by atoms with Gasteiger partial charge < -0.3 is 14.6 Å². The van der Waals surface area contributed by atoms with Gasteiger partial charge in [-0.05, 0) is 31.5 Å². The summed E-state index contributed by atoms with van der Waals surface area (Å²) in [5, 5.41) is 11.7. The summed E-state index contributed by atoms with van der Waals surface area (Å²) in [6, 6.07) is 10.9. The normalized spacial score (nSPS) is 16.2. The maximum absolute atomic E-state index is 5.83. The number of rotatable bonds is 4. The van der Waals surface area contributed by atoms with Gasteiger partial charge in [0.15, 0.2) is 0 Å². The van der Waals surface area contributed by atoms with E-state index in [1.807, 2.05) is 30.1 Å². The largest absolute Gasteiger partial charge is 0.408 e. The molecule has 0 aliphatic carbocycles. The Labute approximate surface area is 119 Å². The monoisotopic (exact) mass is 272 g/mol. The summed E-state index contributed by atoms with van der Waals surface area (Å²) in [5.41, 5.74) is 1.23. The first-order chi connectivity index (χ1) is 9.83. The van der Waals surface area contributed by atoms with Crippen molar-refractivity contribution in [2.75, 3.05) is 25.0 Å². The Hall–Kier alpha value is -1.88. The fourth-order valence-electron chi connectivity index (χ4n) is 2.54. The number of piperidine rings is 1. The highest BCUT2D eigenvalue weighted by Crippen LogP contribution is 2.26.